The summed E-state index contributed by atoms with van der Waals surface area (Å²) in [6, 6.07) is 4.62. The highest BCUT2D eigenvalue weighted by atomic mass is 19.4. The maximum absolute atomic E-state index is 12.5. The highest BCUT2D eigenvalue weighted by molar-refractivity contribution is 6.03. The molecule has 1 aromatic heterocycles. The van der Waals surface area contributed by atoms with Crippen LogP contribution in [0.5, 0.6) is 0 Å². The molecule has 1 amide bonds. The first-order valence-corrected chi connectivity index (χ1v) is 6.37. The van der Waals surface area contributed by atoms with E-state index in [-0.39, 0.29) is 11.4 Å². The largest absolute Gasteiger partial charge is 0.416 e. The summed E-state index contributed by atoms with van der Waals surface area (Å²) in [4.78, 5) is 35.3. The monoisotopic (exact) mass is 327 g/mol. The Kier molecular flexibility index (Phi) is 4.13. The molecule has 0 unspecified atom stereocenters. The second kappa shape index (κ2) is 5.75. The quantitative estimate of drug-likeness (QED) is 0.905. The van der Waals surface area contributed by atoms with Crippen molar-refractivity contribution in [2.75, 3.05) is 5.32 Å². The van der Waals surface area contributed by atoms with Gasteiger partial charge >= 0.3 is 11.9 Å². The second-order valence-corrected chi connectivity index (χ2v) is 4.80. The number of benzene rings is 1. The van der Waals surface area contributed by atoms with Crippen molar-refractivity contribution in [2.24, 2.45) is 14.1 Å². The van der Waals surface area contributed by atoms with Gasteiger partial charge in [0.05, 0.1) is 5.56 Å². The summed E-state index contributed by atoms with van der Waals surface area (Å²) in [5.74, 6) is -0.787. The molecule has 0 aliphatic heterocycles. The van der Waals surface area contributed by atoms with Crippen molar-refractivity contribution in [3.63, 3.8) is 0 Å². The summed E-state index contributed by atoms with van der Waals surface area (Å²) in [6.45, 7) is 0. The van der Waals surface area contributed by atoms with Crippen LogP contribution in [0, 0.1) is 0 Å². The van der Waals surface area contributed by atoms with Gasteiger partial charge in [0.2, 0.25) is 0 Å². The Morgan fingerprint density at radius 1 is 1.04 bits per heavy atom. The van der Waals surface area contributed by atoms with Crippen LogP contribution in [0.25, 0.3) is 0 Å². The van der Waals surface area contributed by atoms with E-state index in [0.717, 1.165) is 39.5 Å². The first-order valence-electron chi connectivity index (χ1n) is 6.37. The minimum absolute atomic E-state index is 0.0360. The van der Waals surface area contributed by atoms with Gasteiger partial charge in [0.1, 0.15) is 5.82 Å². The van der Waals surface area contributed by atoms with Crippen molar-refractivity contribution >= 4 is 11.7 Å². The highest BCUT2D eigenvalue weighted by Gasteiger charge is 2.30. The van der Waals surface area contributed by atoms with Gasteiger partial charge in [-0.25, -0.2) is 4.79 Å². The Morgan fingerprint density at radius 2 is 1.61 bits per heavy atom. The maximum Gasteiger partial charge on any atom is 0.416 e. The van der Waals surface area contributed by atoms with Gasteiger partial charge in [0.25, 0.3) is 11.5 Å². The molecule has 6 nitrogen and oxygen atoms in total. The summed E-state index contributed by atoms with van der Waals surface area (Å²) >= 11 is 0. The fourth-order valence-corrected chi connectivity index (χ4v) is 1.85. The second-order valence-electron chi connectivity index (χ2n) is 4.80. The van der Waals surface area contributed by atoms with E-state index in [0.29, 0.717) is 0 Å². The number of alkyl halides is 3. The average molecular weight is 327 g/mol. The van der Waals surface area contributed by atoms with Crippen LogP contribution in [-0.2, 0) is 20.3 Å². The molecule has 23 heavy (non-hydrogen) atoms. The van der Waals surface area contributed by atoms with Crippen molar-refractivity contribution in [1.82, 2.24) is 9.13 Å². The molecule has 2 aromatic rings. The molecule has 0 fully saturated rings. The normalized spacial score (nSPS) is 11.3. The molecule has 0 radical (unpaired) electrons. The van der Waals surface area contributed by atoms with Crippen molar-refractivity contribution in [3.8, 4) is 0 Å². The van der Waals surface area contributed by atoms with Crippen LogP contribution in [0.1, 0.15) is 15.9 Å². The van der Waals surface area contributed by atoms with E-state index in [9.17, 15) is 27.6 Å². The summed E-state index contributed by atoms with van der Waals surface area (Å²) in [7, 11) is 2.64. The van der Waals surface area contributed by atoms with Crippen LogP contribution < -0.4 is 16.6 Å². The topological polar surface area (TPSA) is 73.1 Å². The third-order valence-corrected chi connectivity index (χ3v) is 3.24. The lowest BCUT2D eigenvalue weighted by molar-refractivity contribution is -0.137. The van der Waals surface area contributed by atoms with Gasteiger partial charge in [-0.3, -0.25) is 18.7 Å². The molecule has 1 aromatic carbocycles. The lowest BCUT2D eigenvalue weighted by Crippen LogP contribution is -2.38. The number of carbonyl (C=O) groups excluding carboxylic acids is 1. The van der Waals surface area contributed by atoms with Gasteiger partial charge in [-0.1, -0.05) is 0 Å². The molecular formula is C14H12F3N3O3. The number of aromatic nitrogens is 2. The number of rotatable bonds is 2. The summed E-state index contributed by atoms with van der Waals surface area (Å²) in [6.07, 6.45) is -4.50. The molecule has 0 saturated carbocycles. The molecule has 0 aliphatic carbocycles. The van der Waals surface area contributed by atoms with Crippen molar-refractivity contribution < 1.29 is 18.0 Å². The number of nitrogens with one attached hydrogen (secondary N) is 1. The minimum Gasteiger partial charge on any atom is -0.308 e. The Morgan fingerprint density at radius 3 is 2.13 bits per heavy atom. The van der Waals surface area contributed by atoms with Crippen LogP contribution >= 0.6 is 0 Å². The van der Waals surface area contributed by atoms with Gasteiger partial charge in [0.15, 0.2) is 0 Å². The van der Waals surface area contributed by atoms with Crippen molar-refractivity contribution in [1.29, 1.82) is 0 Å². The van der Waals surface area contributed by atoms with Gasteiger partial charge in [-0.2, -0.15) is 13.2 Å². The zero-order valence-electron chi connectivity index (χ0n) is 12.1. The first-order chi connectivity index (χ1) is 10.6. The maximum atomic E-state index is 12.5. The molecular weight excluding hydrogens is 315 g/mol. The van der Waals surface area contributed by atoms with Crippen molar-refractivity contribution in [3.05, 3.63) is 62.3 Å². The number of hydrogen-bond donors (Lipinski definition) is 1. The van der Waals surface area contributed by atoms with E-state index in [1.807, 2.05) is 0 Å². The van der Waals surface area contributed by atoms with Gasteiger partial charge in [-0.15, -0.1) is 0 Å². The lowest BCUT2D eigenvalue weighted by Gasteiger charge is -2.11. The Bertz CT molecular complexity index is 864. The summed E-state index contributed by atoms with van der Waals surface area (Å²) < 4.78 is 39.3. The molecule has 0 spiro atoms. The molecule has 0 saturated heterocycles. The van der Waals surface area contributed by atoms with Crippen LogP contribution in [-0.4, -0.2) is 15.0 Å². The van der Waals surface area contributed by atoms with E-state index in [2.05, 4.69) is 5.32 Å². The van der Waals surface area contributed by atoms with Gasteiger partial charge in [-0.05, 0) is 24.3 Å². The molecule has 9 heteroatoms. The SMILES string of the molecule is Cn1c(NC(=O)c2ccc(C(F)(F)F)cc2)cc(=O)n(C)c1=O. The first kappa shape index (κ1) is 16.5. The molecule has 0 aliphatic rings. The zero-order chi connectivity index (χ0) is 17.4. The predicted molar refractivity (Wildman–Crippen MR) is 76.3 cm³/mol. The molecule has 1 N–H and O–H groups in total. The number of halogens is 3. The number of anilines is 1. The standard InChI is InChI=1S/C14H12F3N3O3/c1-19-10(7-11(21)20(2)13(19)23)18-12(22)8-3-5-9(6-4-8)14(15,16)17/h3-7H,1-2H3,(H,18,22). The van der Waals surface area contributed by atoms with Crippen LogP contribution in [0.15, 0.2) is 39.9 Å². The van der Waals surface area contributed by atoms with E-state index in [1.165, 1.54) is 14.1 Å². The third kappa shape index (κ3) is 3.33. The Balaban J connectivity index is 2.30. The number of hydrogen-bond acceptors (Lipinski definition) is 3. The molecule has 0 atom stereocenters. The number of amides is 1. The molecule has 1 heterocycles. The van der Waals surface area contributed by atoms with Crippen molar-refractivity contribution in [2.45, 2.75) is 6.18 Å². The predicted octanol–water partition coefficient (Wildman–Crippen LogP) is 1.36. The summed E-state index contributed by atoms with van der Waals surface area (Å²) in [5, 5.41) is 2.32. The third-order valence-electron chi connectivity index (χ3n) is 3.24. The Labute approximate surface area is 127 Å². The summed E-state index contributed by atoms with van der Waals surface area (Å²) in [5.41, 5.74) is -2.17. The minimum atomic E-state index is -4.50. The molecule has 2 rings (SSSR count). The number of nitrogens with zero attached hydrogens (tertiary/aromatic N) is 2. The fraction of sp³-hybridized carbons (Fsp3) is 0.214. The molecule has 122 valence electrons. The zero-order valence-corrected chi connectivity index (χ0v) is 12.1. The van der Waals surface area contributed by atoms with Crippen LogP contribution in [0.4, 0.5) is 19.0 Å². The Hall–Kier alpha value is -2.84. The van der Waals surface area contributed by atoms with E-state index < -0.39 is 28.9 Å². The van der Waals surface area contributed by atoms with Gasteiger partial charge in [0, 0.05) is 25.7 Å². The molecule has 0 bridgehead atoms. The average Bonchev–Trinajstić information content (AvgIpc) is 2.49. The van der Waals surface area contributed by atoms with Crippen LogP contribution in [0.3, 0.4) is 0 Å². The number of carbonyl (C=O) groups is 1. The lowest BCUT2D eigenvalue weighted by atomic mass is 10.1. The highest BCUT2D eigenvalue weighted by Crippen LogP contribution is 2.29. The smallest absolute Gasteiger partial charge is 0.308 e. The van der Waals surface area contributed by atoms with Crippen LogP contribution in [0.2, 0.25) is 0 Å². The van der Waals surface area contributed by atoms with Gasteiger partial charge < -0.3 is 5.32 Å². The van der Waals surface area contributed by atoms with E-state index >= 15 is 0 Å². The van der Waals surface area contributed by atoms with E-state index in [1.54, 1.807) is 0 Å². The van der Waals surface area contributed by atoms with E-state index in [4.69, 9.17) is 0 Å². The fourth-order valence-electron chi connectivity index (χ4n) is 1.85.